The number of nitrogens with one attached hydrogen (secondary N) is 3. The molecule has 0 aliphatic carbocycles. The molecule has 2 amide bonds. The number of esters is 1. The average Bonchev–Trinajstić information content (AvgIpc) is 3.32. The van der Waals surface area contributed by atoms with Crippen LogP contribution in [0, 0.1) is 6.92 Å². The lowest BCUT2D eigenvalue weighted by Gasteiger charge is -2.32. The van der Waals surface area contributed by atoms with Crippen molar-refractivity contribution in [2.45, 2.75) is 13.3 Å². The molecule has 3 N–H and O–H groups in total. The molecular weight excluding hydrogens is 530 g/mol. The molecule has 0 spiro atoms. The highest BCUT2D eigenvalue weighted by Crippen LogP contribution is 2.39. The van der Waals surface area contributed by atoms with E-state index >= 15 is 0 Å². The second-order valence-electron chi connectivity index (χ2n) is 10.7. The van der Waals surface area contributed by atoms with Gasteiger partial charge in [0.25, 0.3) is 11.8 Å². The first kappa shape index (κ1) is 29.0. The highest BCUT2D eigenvalue weighted by Gasteiger charge is 2.30. The first-order chi connectivity index (χ1) is 20.3. The van der Waals surface area contributed by atoms with Crippen molar-refractivity contribution in [3.05, 3.63) is 94.5 Å². The molecular formula is C33H37N5O4. The molecule has 1 saturated heterocycles. The Kier molecular flexibility index (Phi) is 9.00. The minimum absolute atomic E-state index is 0.109. The van der Waals surface area contributed by atoms with Crippen LogP contribution in [0.4, 0.5) is 11.4 Å². The molecule has 9 heteroatoms. The lowest BCUT2D eigenvalue weighted by Crippen LogP contribution is -2.45. The van der Waals surface area contributed by atoms with Crippen LogP contribution in [0.1, 0.15) is 43.8 Å². The van der Waals surface area contributed by atoms with Gasteiger partial charge in [-0.3, -0.25) is 9.59 Å². The van der Waals surface area contributed by atoms with E-state index in [4.69, 9.17) is 4.74 Å². The Morgan fingerprint density at radius 1 is 0.952 bits per heavy atom. The van der Waals surface area contributed by atoms with Crippen molar-refractivity contribution in [2.24, 2.45) is 0 Å². The number of aryl methyl sites for hydroxylation is 1. The minimum atomic E-state index is -0.456. The minimum Gasteiger partial charge on any atom is -0.465 e. The van der Waals surface area contributed by atoms with Crippen molar-refractivity contribution in [1.29, 1.82) is 0 Å². The van der Waals surface area contributed by atoms with Gasteiger partial charge in [0.05, 0.1) is 29.6 Å². The first-order valence-corrected chi connectivity index (χ1v) is 14.2. The maximum atomic E-state index is 13.3. The number of carbonyl (C=O) groups is 3. The number of amides is 2. The topological polar surface area (TPSA) is 103 Å². The number of rotatable bonds is 9. The molecule has 5 rings (SSSR count). The predicted octanol–water partition coefficient (Wildman–Crippen LogP) is 4.08. The summed E-state index contributed by atoms with van der Waals surface area (Å²) in [6.07, 6.45) is 0.910. The van der Waals surface area contributed by atoms with E-state index in [9.17, 15) is 14.4 Å². The predicted molar refractivity (Wildman–Crippen MR) is 165 cm³/mol. The molecule has 42 heavy (non-hydrogen) atoms. The highest BCUT2D eigenvalue weighted by atomic mass is 16.5. The van der Waals surface area contributed by atoms with Crippen LogP contribution < -0.4 is 16.0 Å². The van der Waals surface area contributed by atoms with Crippen LogP contribution in [-0.2, 0) is 9.53 Å². The fraction of sp³-hybridized carbons (Fsp3) is 0.303. The second kappa shape index (κ2) is 13.0. The van der Waals surface area contributed by atoms with Gasteiger partial charge in [0.15, 0.2) is 0 Å². The maximum Gasteiger partial charge on any atom is 0.338 e. The Bertz CT molecular complexity index is 1490. The number of hydrogen-bond donors (Lipinski definition) is 3. The van der Waals surface area contributed by atoms with E-state index in [0.29, 0.717) is 45.8 Å². The molecule has 2 aliphatic heterocycles. The summed E-state index contributed by atoms with van der Waals surface area (Å²) >= 11 is 0. The van der Waals surface area contributed by atoms with Gasteiger partial charge in [-0.1, -0.05) is 30.3 Å². The maximum absolute atomic E-state index is 13.3. The highest BCUT2D eigenvalue weighted by molar-refractivity contribution is 6.37. The number of fused-ring (bicyclic) bond motifs is 1. The first-order valence-electron chi connectivity index (χ1n) is 14.2. The molecule has 0 aromatic heterocycles. The normalized spacial score (nSPS) is 16.4. The summed E-state index contributed by atoms with van der Waals surface area (Å²) < 4.78 is 4.90. The molecule has 0 atom stereocenters. The van der Waals surface area contributed by atoms with Crippen LogP contribution in [0.2, 0.25) is 0 Å². The average molecular weight is 568 g/mol. The molecule has 9 nitrogen and oxygen atoms in total. The van der Waals surface area contributed by atoms with E-state index in [1.165, 1.54) is 7.11 Å². The van der Waals surface area contributed by atoms with Crippen LogP contribution in [0.15, 0.2) is 66.7 Å². The monoisotopic (exact) mass is 567 g/mol. The Hall–Kier alpha value is -4.47. The zero-order chi connectivity index (χ0) is 29.6. The molecule has 0 bridgehead atoms. The number of benzene rings is 3. The summed E-state index contributed by atoms with van der Waals surface area (Å²) in [6.45, 7) is 7.74. The van der Waals surface area contributed by atoms with Gasteiger partial charge in [-0.2, -0.15) is 0 Å². The van der Waals surface area contributed by atoms with Crippen LogP contribution in [-0.4, -0.2) is 81.0 Å². The number of anilines is 2. The number of nitrogens with zero attached hydrogens (tertiary/aromatic N) is 2. The van der Waals surface area contributed by atoms with E-state index in [0.717, 1.165) is 50.4 Å². The van der Waals surface area contributed by atoms with Gasteiger partial charge in [-0.25, -0.2) is 4.79 Å². The van der Waals surface area contributed by atoms with Crippen LogP contribution in [0.25, 0.3) is 11.3 Å². The van der Waals surface area contributed by atoms with Gasteiger partial charge in [-0.15, -0.1) is 0 Å². The standard InChI is InChI=1S/C33H37N5O4/c1-22-20-27-28(21-26(22)33(41)42-3)36-32(40)29(27)30(23-8-5-4-6-9-23)35-25-12-10-24(11-13-25)31(39)34-14-7-15-38-18-16-37(2)17-19-38/h4-6,8-13,20-21,35H,7,14-19H2,1-3H3,(H,34,39)(H,36,40)/b30-29-. The summed E-state index contributed by atoms with van der Waals surface area (Å²) in [5, 5.41) is 9.34. The molecule has 3 aromatic rings. The SMILES string of the molecule is COC(=O)c1cc2c(cc1C)/C(=C(/Nc1ccc(C(=O)NCCCN3CCN(C)CC3)cc1)c1ccccc1)C(=O)N2. The fourth-order valence-corrected chi connectivity index (χ4v) is 5.31. The van der Waals surface area contributed by atoms with E-state index in [-0.39, 0.29) is 11.8 Å². The van der Waals surface area contributed by atoms with Gasteiger partial charge in [0.1, 0.15) is 0 Å². The summed E-state index contributed by atoms with van der Waals surface area (Å²) in [6, 6.07) is 20.3. The van der Waals surface area contributed by atoms with E-state index in [2.05, 4.69) is 32.8 Å². The van der Waals surface area contributed by atoms with Crippen LogP contribution >= 0.6 is 0 Å². The zero-order valence-corrected chi connectivity index (χ0v) is 24.3. The lowest BCUT2D eigenvalue weighted by molar-refractivity contribution is -0.110. The Morgan fingerprint density at radius 3 is 2.36 bits per heavy atom. The number of methoxy groups -OCH3 is 1. The second-order valence-corrected chi connectivity index (χ2v) is 10.7. The van der Waals surface area contributed by atoms with Crippen molar-refractivity contribution >= 4 is 40.4 Å². The summed E-state index contributed by atoms with van der Waals surface area (Å²) in [4.78, 5) is 43.1. The molecule has 0 saturated carbocycles. The molecule has 218 valence electrons. The fourth-order valence-electron chi connectivity index (χ4n) is 5.31. The number of piperazine rings is 1. The van der Waals surface area contributed by atoms with Gasteiger partial charge >= 0.3 is 5.97 Å². The largest absolute Gasteiger partial charge is 0.465 e. The van der Waals surface area contributed by atoms with E-state index in [1.54, 1.807) is 18.2 Å². The third-order valence-electron chi connectivity index (χ3n) is 7.78. The molecule has 0 unspecified atom stereocenters. The van der Waals surface area contributed by atoms with Gasteiger partial charge in [-0.05, 0) is 74.5 Å². The third-order valence-corrected chi connectivity index (χ3v) is 7.78. The summed E-state index contributed by atoms with van der Waals surface area (Å²) in [5.74, 6) is -0.838. The van der Waals surface area contributed by atoms with Gasteiger partial charge in [0, 0.05) is 49.5 Å². The Labute approximate surface area is 246 Å². The smallest absolute Gasteiger partial charge is 0.338 e. The zero-order valence-electron chi connectivity index (χ0n) is 24.3. The number of ether oxygens (including phenoxy) is 1. The molecule has 2 aliphatic rings. The Balaban J connectivity index is 1.32. The number of likely N-dealkylation sites (N-methyl/N-ethyl adjacent to an activating group) is 1. The summed E-state index contributed by atoms with van der Waals surface area (Å²) in [7, 11) is 3.48. The molecule has 2 heterocycles. The van der Waals surface area contributed by atoms with Crippen LogP contribution in [0.5, 0.6) is 0 Å². The van der Waals surface area contributed by atoms with E-state index in [1.807, 2.05) is 55.5 Å². The van der Waals surface area contributed by atoms with Crippen molar-refractivity contribution in [1.82, 2.24) is 15.1 Å². The van der Waals surface area contributed by atoms with Crippen molar-refractivity contribution in [3.63, 3.8) is 0 Å². The Morgan fingerprint density at radius 2 is 1.67 bits per heavy atom. The van der Waals surface area contributed by atoms with Gasteiger partial charge in [0.2, 0.25) is 0 Å². The van der Waals surface area contributed by atoms with Crippen molar-refractivity contribution in [2.75, 3.05) is 64.1 Å². The van der Waals surface area contributed by atoms with Crippen molar-refractivity contribution in [3.8, 4) is 0 Å². The van der Waals surface area contributed by atoms with E-state index < -0.39 is 5.97 Å². The molecule has 1 fully saturated rings. The van der Waals surface area contributed by atoms with Crippen LogP contribution in [0.3, 0.4) is 0 Å². The number of carbonyl (C=O) groups excluding carboxylic acids is 3. The quantitative estimate of drug-likeness (QED) is 0.203. The number of hydrogen-bond acceptors (Lipinski definition) is 7. The third kappa shape index (κ3) is 6.53. The lowest BCUT2D eigenvalue weighted by atomic mass is 9.96. The summed E-state index contributed by atoms with van der Waals surface area (Å²) in [5.41, 5.74) is 5.59. The molecule has 0 radical (unpaired) electrons. The van der Waals surface area contributed by atoms with Gasteiger partial charge < -0.3 is 30.5 Å². The van der Waals surface area contributed by atoms with Crippen molar-refractivity contribution < 1.29 is 19.1 Å². The molecule has 3 aromatic carbocycles.